The van der Waals surface area contributed by atoms with E-state index in [0.29, 0.717) is 25.4 Å². The highest BCUT2D eigenvalue weighted by Gasteiger charge is 2.27. The Morgan fingerprint density at radius 1 is 1.65 bits per heavy atom. The number of nitrogens with two attached hydrogens (primary N) is 1. The molecule has 1 aromatic rings. The number of nitrogens with zero attached hydrogens (tertiary/aromatic N) is 3. The third-order valence-electron chi connectivity index (χ3n) is 3.32. The lowest BCUT2D eigenvalue weighted by Crippen LogP contribution is -2.49. The fourth-order valence-electron chi connectivity index (χ4n) is 2.22. The van der Waals surface area contributed by atoms with Crippen LogP contribution in [-0.4, -0.2) is 36.8 Å². The second kappa shape index (κ2) is 5.86. The third-order valence-corrected chi connectivity index (χ3v) is 3.32. The molecule has 1 saturated heterocycles. The predicted octanol–water partition coefficient (Wildman–Crippen LogP) is 1.02. The van der Waals surface area contributed by atoms with Gasteiger partial charge in [-0.15, -0.1) is 0 Å². The average Bonchev–Trinajstić information content (AvgIpc) is 2.46. The maximum absolute atomic E-state index is 11.2. The molecular formula is C13H16N4O3. The first-order chi connectivity index (χ1) is 9.52. The highest BCUT2D eigenvalue weighted by molar-refractivity contribution is 5.65. The van der Waals surface area contributed by atoms with Crippen LogP contribution < -0.4 is 10.6 Å². The van der Waals surface area contributed by atoms with Crippen LogP contribution >= 0.6 is 0 Å². The Hall–Kier alpha value is -2.17. The average molecular weight is 276 g/mol. The number of hydrogen-bond donors (Lipinski definition) is 1. The van der Waals surface area contributed by atoms with E-state index in [1.54, 1.807) is 12.1 Å². The van der Waals surface area contributed by atoms with Crippen molar-refractivity contribution in [3.05, 3.63) is 33.9 Å². The molecule has 0 amide bonds. The first kappa shape index (κ1) is 14.2. The molecule has 1 aromatic carbocycles. The lowest BCUT2D eigenvalue weighted by Gasteiger charge is -2.35. The normalized spacial score (nSPS) is 20.2. The molecule has 2 N–H and O–H groups in total. The van der Waals surface area contributed by atoms with E-state index in [2.05, 4.69) is 0 Å². The molecule has 2 atom stereocenters. The number of anilines is 1. The lowest BCUT2D eigenvalue weighted by molar-refractivity contribution is -0.384. The SMILES string of the molecule is CC(N)C1CN(c2ccc(C#N)cc2[N+](=O)[O-])CCO1. The molecule has 1 heterocycles. The Balaban J connectivity index is 2.32. The zero-order valence-electron chi connectivity index (χ0n) is 11.2. The van der Waals surface area contributed by atoms with Crippen molar-refractivity contribution in [2.45, 2.75) is 19.1 Å². The van der Waals surface area contributed by atoms with Crippen molar-refractivity contribution >= 4 is 11.4 Å². The van der Waals surface area contributed by atoms with Gasteiger partial charge in [0.25, 0.3) is 5.69 Å². The van der Waals surface area contributed by atoms with Crippen molar-refractivity contribution in [2.24, 2.45) is 5.73 Å². The van der Waals surface area contributed by atoms with E-state index >= 15 is 0 Å². The van der Waals surface area contributed by atoms with Gasteiger partial charge in [0.15, 0.2) is 0 Å². The van der Waals surface area contributed by atoms with Crippen LogP contribution in [0.25, 0.3) is 0 Å². The summed E-state index contributed by atoms with van der Waals surface area (Å²) in [6.07, 6.45) is -0.154. The molecule has 0 spiro atoms. The van der Waals surface area contributed by atoms with Gasteiger partial charge in [0.1, 0.15) is 5.69 Å². The van der Waals surface area contributed by atoms with Gasteiger partial charge in [-0.1, -0.05) is 0 Å². The number of nitriles is 1. The first-order valence-corrected chi connectivity index (χ1v) is 6.33. The van der Waals surface area contributed by atoms with Gasteiger partial charge in [-0.05, 0) is 19.1 Å². The van der Waals surface area contributed by atoms with Crippen molar-refractivity contribution < 1.29 is 9.66 Å². The molecule has 0 aliphatic carbocycles. The van der Waals surface area contributed by atoms with E-state index in [-0.39, 0.29) is 23.4 Å². The number of ether oxygens (including phenoxy) is 1. The Kier molecular flexibility index (Phi) is 4.17. The first-order valence-electron chi connectivity index (χ1n) is 6.33. The number of nitro benzene ring substituents is 1. The molecule has 1 fully saturated rings. The van der Waals surface area contributed by atoms with E-state index in [9.17, 15) is 10.1 Å². The molecule has 0 radical (unpaired) electrons. The second-order valence-electron chi connectivity index (χ2n) is 4.79. The summed E-state index contributed by atoms with van der Waals surface area (Å²) in [6, 6.07) is 6.26. The summed E-state index contributed by atoms with van der Waals surface area (Å²) >= 11 is 0. The Morgan fingerprint density at radius 2 is 2.40 bits per heavy atom. The van der Waals surface area contributed by atoms with Crippen molar-refractivity contribution in [3.8, 4) is 6.07 Å². The monoisotopic (exact) mass is 276 g/mol. The Labute approximate surface area is 116 Å². The summed E-state index contributed by atoms with van der Waals surface area (Å²) in [5, 5.41) is 20.0. The molecular weight excluding hydrogens is 260 g/mol. The summed E-state index contributed by atoms with van der Waals surface area (Å²) in [5.74, 6) is 0. The van der Waals surface area contributed by atoms with Crippen LogP contribution in [0.4, 0.5) is 11.4 Å². The lowest BCUT2D eigenvalue weighted by atomic mass is 10.1. The Morgan fingerprint density at radius 3 is 3.00 bits per heavy atom. The fourth-order valence-corrected chi connectivity index (χ4v) is 2.22. The minimum atomic E-state index is -0.466. The molecule has 20 heavy (non-hydrogen) atoms. The van der Waals surface area contributed by atoms with Crippen molar-refractivity contribution in [1.82, 2.24) is 0 Å². The molecule has 1 aliphatic heterocycles. The maximum atomic E-state index is 11.2. The van der Waals surface area contributed by atoms with E-state index < -0.39 is 4.92 Å². The van der Waals surface area contributed by atoms with Crippen LogP contribution in [0.5, 0.6) is 0 Å². The van der Waals surface area contributed by atoms with Crippen molar-refractivity contribution in [3.63, 3.8) is 0 Å². The Bertz CT molecular complexity index is 553. The van der Waals surface area contributed by atoms with E-state index in [0.717, 1.165) is 0 Å². The number of nitro groups is 1. The van der Waals surface area contributed by atoms with Crippen molar-refractivity contribution in [2.75, 3.05) is 24.6 Å². The number of morpholine rings is 1. The van der Waals surface area contributed by atoms with E-state index in [4.69, 9.17) is 15.7 Å². The molecule has 0 saturated carbocycles. The van der Waals surface area contributed by atoms with Crippen LogP contribution in [0, 0.1) is 21.4 Å². The molecule has 2 rings (SSSR count). The zero-order chi connectivity index (χ0) is 14.7. The summed E-state index contributed by atoms with van der Waals surface area (Å²) in [7, 11) is 0. The highest BCUT2D eigenvalue weighted by Crippen LogP contribution is 2.30. The van der Waals surface area contributed by atoms with Crippen LogP contribution in [0.3, 0.4) is 0 Å². The van der Waals surface area contributed by atoms with Gasteiger partial charge in [-0.25, -0.2) is 0 Å². The topological polar surface area (TPSA) is 105 Å². The molecule has 2 unspecified atom stereocenters. The molecule has 7 heteroatoms. The second-order valence-corrected chi connectivity index (χ2v) is 4.79. The molecule has 7 nitrogen and oxygen atoms in total. The smallest absolute Gasteiger partial charge is 0.293 e. The van der Waals surface area contributed by atoms with Gasteiger partial charge in [-0.3, -0.25) is 10.1 Å². The quantitative estimate of drug-likeness (QED) is 0.652. The summed E-state index contributed by atoms with van der Waals surface area (Å²) < 4.78 is 5.55. The minimum absolute atomic E-state index is 0.0608. The summed E-state index contributed by atoms with van der Waals surface area (Å²) in [4.78, 5) is 12.6. The van der Waals surface area contributed by atoms with Crippen LogP contribution in [0.15, 0.2) is 18.2 Å². The van der Waals surface area contributed by atoms with Crippen LogP contribution in [0.1, 0.15) is 12.5 Å². The molecule has 0 aromatic heterocycles. The van der Waals surface area contributed by atoms with E-state index in [1.807, 2.05) is 17.9 Å². The van der Waals surface area contributed by atoms with Gasteiger partial charge < -0.3 is 15.4 Å². The van der Waals surface area contributed by atoms with Gasteiger partial charge in [-0.2, -0.15) is 5.26 Å². The molecule has 106 valence electrons. The number of rotatable bonds is 3. The van der Waals surface area contributed by atoms with E-state index in [1.165, 1.54) is 6.07 Å². The maximum Gasteiger partial charge on any atom is 0.293 e. The largest absolute Gasteiger partial charge is 0.373 e. The number of hydrogen-bond acceptors (Lipinski definition) is 6. The molecule has 0 bridgehead atoms. The van der Waals surface area contributed by atoms with Crippen molar-refractivity contribution in [1.29, 1.82) is 5.26 Å². The van der Waals surface area contributed by atoms with Crippen LogP contribution in [0.2, 0.25) is 0 Å². The number of benzene rings is 1. The predicted molar refractivity (Wildman–Crippen MR) is 73.4 cm³/mol. The fraction of sp³-hybridized carbons (Fsp3) is 0.462. The molecule has 1 aliphatic rings. The van der Waals surface area contributed by atoms with Gasteiger partial charge in [0.05, 0.1) is 29.3 Å². The van der Waals surface area contributed by atoms with Gasteiger partial charge in [0, 0.05) is 25.2 Å². The summed E-state index contributed by atoms with van der Waals surface area (Å²) in [5.41, 5.74) is 6.54. The van der Waals surface area contributed by atoms with Gasteiger partial charge in [0.2, 0.25) is 0 Å². The van der Waals surface area contributed by atoms with Gasteiger partial charge >= 0.3 is 0 Å². The minimum Gasteiger partial charge on any atom is -0.373 e. The highest BCUT2D eigenvalue weighted by atomic mass is 16.6. The van der Waals surface area contributed by atoms with Crippen LogP contribution in [-0.2, 0) is 4.74 Å². The summed E-state index contributed by atoms with van der Waals surface area (Å²) in [6.45, 7) is 3.39. The third kappa shape index (κ3) is 2.87. The standard InChI is InChI=1S/C13H16N4O3/c1-9(15)13-8-16(4-5-20-13)11-3-2-10(7-14)6-12(11)17(18)19/h2-3,6,9,13H,4-5,8,15H2,1H3. The zero-order valence-corrected chi connectivity index (χ0v) is 11.2.